The van der Waals surface area contributed by atoms with Crippen molar-refractivity contribution in [2.75, 3.05) is 13.2 Å². The van der Waals surface area contributed by atoms with Crippen LogP contribution in [0.25, 0.3) is 0 Å². The number of carboxylic acids is 1. The van der Waals surface area contributed by atoms with E-state index in [4.69, 9.17) is 9.84 Å². The molecule has 1 rings (SSSR count). The number of carbonyl (C=O) groups excluding carboxylic acids is 1. The van der Waals surface area contributed by atoms with Crippen LogP contribution in [-0.2, 0) is 24.1 Å². The third-order valence-electron chi connectivity index (χ3n) is 1.44. The van der Waals surface area contributed by atoms with E-state index >= 15 is 0 Å². The van der Waals surface area contributed by atoms with Crippen molar-refractivity contribution in [2.24, 2.45) is 0 Å². The van der Waals surface area contributed by atoms with Gasteiger partial charge in [-0.25, -0.2) is 4.79 Å². The molecule has 1 heterocycles. The van der Waals surface area contributed by atoms with Crippen LogP contribution in [0.2, 0.25) is 0 Å². The molecular formula is C8H10O6. The minimum Gasteiger partial charge on any atom is -0.481 e. The van der Waals surface area contributed by atoms with Crippen molar-refractivity contribution < 1.29 is 29.2 Å². The SMILES string of the molecule is C=C(CC(=O)O)C(=O)OOCC1CO1. The molecule has 0 spiro atoms. The zero-order valence-electron chi connectivity index (χ0n) is 7.39. The minimum atomic E-state index is -1.14. The van der Waals surface area contributed by atoms with Gasteiger partial charge in [-0.2, -0.15) is 4.89 Å². The fourth-order valence-corrected chi connectivity index (χ4v) is 0.641. The monoisotopic (exact) mass is 202 g/mol. The molecule has 1 unspecified atom stereocenters. The molecule has 1 aliphatic heterocycles. The van der Waals surface area contributed by atoms with Crippen LogP contribution in [0.15, 0.2) is 12.2 Å². The Hall–Kier alpha value is -1.40. The summed E-state index contributed by atoms with van der Waals surface area (Å²) in [5, 5.41) is 8.33. The maximum Gasteiger partial charge on any atom is 0.369 e. The van der Waals surface area contributed by atoms with Crippen LogP contribution in [-0.4, -0.2) is 36.4 Å². The summed E-state index contributed by atoms with van der Waals surface area (Å²) in [6.45, 7) is 3.99. The van der Waals surface area contributed by atoms with Gasteiger partial charge in [-0.1, -0.05) is 6.58 Å². The van der Waals surface area contributed by atoms with Crippen LogP contribution in [0, 0.1) is 0 Å². The van der Waals surface area contributed by atoms with Gasteiger partial charge in [0.1, 0.15) is 12.7 Å². The molecule has 1 fully saturated rings. The van der Waals surface area contributed by atoms with Gasteiger partial charge >= 0.3 is 11.9 Å². The Balaban J connectivity index is 2.12. The zero-order valence-corrected chi connectivity index (χ0v) is 7.39. The first-order valence-corrected chi connectivity index (χ1v) is 3.94. The first kappa shape index (κ1) is 10.7. The number of hydrogen-bond acceptors (Lipinski definition) is 5. The summed E-state index contributed by atoms with van der Waals surface area (Å²) in [5.74, 6) is -2.01. The first-order valence-electron chi connectivity index (χ1n) is 3.94. The molecule has 0 saturated carbocycles. The molecule has 0 radical (unpaired) electrons. The summed E-state index contributed by atoms with van der Waals surface area (Å²) in [6, 6.07) is 0. The van der Waals surface area contributed by atoms with E-state index in [1.165, 1.54) is 0 Å². The van der Waals surface area contributed by atoms with Gasteiger partial charge in [-0.15, -0.1) is 0 Å². The van der Waals surface area contributed by atoms with Crippen LogP contribution < -0.4 is 0 Å². The van der Waals surface area contributed by atoms with Gasteiger partial charge < -0.3 is 9.84 Å². The molecule has 0 aromatic heterocycles. The lowest BCUT2D eigenvalue weighted by Gasteiger charge is -2.02. The second-order valence-electron chi connectivity index (χ2n) is 2.78. The number of aliphatic carboxylic acids is 1. The molecule has 6 nitrogen and oxygen atoms in total. The van der Waals surface area contributed by atoms with E-state index in [9.17, 15) is 9.59 Å². The third-order valence-corrected chi connectivity index (χ3v) is 1.44. The Labute approximate surface area is 80.0 Å². The van der Waals surface area contributed by atoms with Crippen molar-refractivity contribution in [1.29, 1.82) is 0 Å². The number of epoxide rings is 1. The topological polar surface area (TPSA) is 85.4 Å². The quantitative estimate of drug-likeness (QED) is 0.280. The van der Waals surface area contributed by atoms with Gasteiger partial charge in [-0.3, -0.25) is 9.68 Å². The van der Waals surface area contributed by atoms with Crippen LogP contribution in [0.5, 0.6) is 0 Å². The summed E-state index contributed by atoms with van der Waals surface area (Å²) >= 11 is 0. The molecule has 0 aromatic carbocycles. The number of carboxylic acid groups (broad SMARTS) is 1. The van der Waals surface area contributed by atoms with E-state index in [1.807, 2.05) is 0 Å². The summed E-state index contributed by atoms with van der Waals surface area (Å²) in [7, 11) is 0. The highest BCUT2D eigenvalue weighted by molar-refractivity contribution is 5.92. The van der Waals surface area contributed by atoms with Crippen molar-refractivity contribution in [1.82, 2.24) is 0 Å². The molecule has 0 aliphatic carbocycles. The molecule has 0 amide bonds. The minimum absolute atomic E-state index is 0.0180. The van der Waals surface area contributed by atoms with E-state index in [0.717, 1.165) is 0 Å². The average Bonchev–Trinajstić information content (AvgIpc) is 2.86. The molecule has 1 aliphatic rings. The number of hydrogen-bond donors (Lipinski definition) is 1. The molecule has 78 valence electrons. The van der Waals surface area contributed by atoms with Crippen molar-refractivity contribution in [3.63, 3.8) is 0 Å². The highest BCUT2D eigenvalue weighted by Gasteiger charge is 2.24. The fourth-order valence-electron chi connectivity index (χ4n) is 0.641. The van der Waals surface area contributed by atoms with E-state index < -0.39 is 18.4 Å². The molecule has 1 atom stereocenters. The molecule has 1 saturated heterocycles. The summed E-state index contributed by atoms with van der Waals surface area (Å²) in [4.78, 5) is 29.9. The lowest BCUT2D eigenvalue weighted by molar-refractivity contribution is -0.270. The standard InChI is InChI=1S/C8H10O6/c1-5(2-7(9)10)8(11)14-13-4-6-3-12-6/h6H,1-4H2,(H,9,10). The third kappa shape index (κ3) is 4.01. The zero-order chi connectivity index (χ0) is 10.6. The summed E-state index contributed by atoms with van der Waals surface area (Å²) in [6.07, 6.45) is -0.474. The highest BCUT2D eigenvalue weighted by atomic mass is 17.2. The molecular weight excluding hydrogens is 192 g/mol. The fraction of sp³-hybridized carbons (Fsp3) is 0.500. The molecule has 0 aromatic rings. The van der Waals surface area contributed by atoms with Gasteiger partial charge in [0.05, 0.1) is 13.0 Å². The first-order chi connectivity index (χ1) is 6.59. The van der Waals surface area contributed by atoms with Gasteiger partial charge in [0.2, 0.25) is 0 Å². The Kier molecular flexibility index (Phi) is 3.61. The largest absolute Gasteiger partial charge is 0.481 e. The lowest BCUT2D eigenvalue weighted by atomic mass is 10.2. The van der Waals surface area contributed by atoms with Gasteiger partial charge in [-0.05, 0) is 0 Å². The highest BCUT2D eigenvalue weighted by Crippen LogP contribution is 2.09. The van der Waals surface area contributed by atoms with Crippen LogP contribution in [0.4, 0.5) is 0 Å². The van der Waals surface area contributed by atoms with E-state index in [0.29, 0.717) is 6.61 Å². The maximum atomic E-state index is 10.9. The van der Waals surface area contributed by atoms with Crippen LogP contribution >= 0.6 is 0 Å². The van der Waals surface area contributed by atoms with Gasteiger partial charge in [0.25, 0.3) is 0 Å². The van der Waals surface area contributed by atoms with Crippen LogP contribution in [0.1, 0.15) is 6.42 Å². The smallest absolute Gasteiger partial charge is 0.369 e. The predicted molar refractivity (Wildman–Crippen MR) is 43.2 cm³/mol. The average molecular weight is 202 g/mol. The Morgan fingerprint density at radius 2 is 2.21 bits per heavy atom. The Morgan fingerprint density at radius 3 is 2.71 bits per heavy atom. The van der Waals surface area contributed by atoms with Gasteiger partial charge in [0, 0.05) is 5.57 Å². The van der Waals surface area contributed by atoms with E-state index in [-0.39, 0.29) is 18.3 Å². The van der Waals surface area contributed by atoms with Crippen molar-refractivity contribution >= 4 is 11.9 Å². The molecule has 14 heavy (non-hydrogen) atoms. The van der Waals surface area contributed by atoms with Crippen molar-refractivity contribution in [3.05, 3.63) is 12.2 Å². The molecule has 6 heteroatoms. The number of carbonyl (C=O) groups is 2. The number of ether oxygens (including phenoxy) is 1. The number of rotatable bonds is 6. The predicted octanol–water partition coefficient (Wildman–Crippen LogP) is -0.109. The Bertz CT molecular complexity index is 255. The van der Waals surface area contributed by atoms with Crippen molar-refractivity contribution in [2.45, 2.75) is 12.5 Å². The molecule has 0 bridgehead atoms. The summed E-state index contributed by atoms with van der Waals surface area (Å²) < 4.78 is 4.78. The second kappa shape index (κ2) is 4.73. The summed E-state index contributed by atoms with van der Waals surface area (Å²) in [5.41, 5.74) is -0.158. The Morgan fingerprint density at radius 1 is 1.57 bits per heavy atom. The van der Waals surface area contributed by atoms with Crippen molar-refractivity contribution in [3.8, 4) is 0 Å². The second-order valence-corrected chi connectivity index (χ2v) is 2.78. The van der Waals surface area contributed by atoms with Gasteiger partial charge in [0.15, 0.2) is 0 Å². The lowest BCUT2D eigenvalue weighted by Crippen LogP contribution is -2.13. The maximum absolute atomic E-state index is 10.9. The van der Waals surface area contributed by atoms with E-state index in [2.05, 4.69) is 16.4 Å². The van der Waals surface area contributed by atoms with Crippen LogP contribution in [0.3, 0.4) is 0 Å². The molecule has 1 N–H and O–H groups in total. The van der Waals surface area contributed by atoms with E-state index in [1.54, 1.807) is 0 Å². The normalized spacial score (nSPS) is 18.7.